The lowest BCUT2D eigenvalue weighted by atomic mass is 9.88. The monoisotopic (exact) mass is 188 g/mol. The van der Waals surface area contributed by atoms with Crippen LogP contribution in [-0.4, -0.2) is 35.4 Å². The van der Waals surface area contributed by atoms with E-state index in [9.17, 15) is 9.59 Å². The van der Waals surface area contributed by atoms with Gasteiger partial charge in [-0.2, -0.15) is 0 Å². The van der Waals surface area contributed by atoms with Crippen LogP contribution in [-0.2, 0) is 14.3 Å². The van der Waals surface area contributed by atoms with Gasteiger partial charge >= 0.3 is 11.9 Å². The van der Waals surface area contributed by atoms with Crippen molar-refractivity contribution in [2.45, 2.75) is 12.8 Å². The van der Waals surface area contributed by atoms with Gasteiger partial charge in [-0.3, -0.25) is 9.59 Å². The topological polar surface area (TPSA) is 83.8 Å². The summed E-state index contributed by atoms with van der Waals surface area (Å²) in [4.78, 5) is 21.2. The fourth-order valence-electron chi connectivity index (χ4n) is 1.54. The Kier molecular flexibility index (Phi) is 3.25. The van der Waals surface area contributed by atoms with E-state index in [0.29, 0.717) is 13.0 Å². The number of ether oxygens (including phenoxy) is 1. The van der Waals surface area contributed by atoms with Gasteiger partial charge in [0.15, 0.2) is 5.92 Å². The molecule has 0 aliphatic carbocycles. The molecule has 1 fully saturated rings. The lowest BCUT2D eigenvalue weighted by molar-refractivity contribution is -0.159. The van der Waals surface area contributed by atoms with Crippen LogP contribution in [0.15, 0.2) is 0 Å². The van der Waals surface area contributed by atoms with Crippen molar-refractivity contribution < 1.29 is 24.5 Å². The molecule has 13 heavy (non-hydrogen) atoms. The number of aliphatic carboxylic acids is 2. The molecule has 5 heteroatoms. The van der Waals surface area contributed by atoms with Crippen molar-refractivity contribution >= 4 is 11.9 Å². The number of carbonyl (C=O) groups is 2. The van der Waals surface area contributed by atoms with Crippen LogP contribution >= 0.6 is 0 Å². The lowest BCUT2D eigenvalue weighted by Gasteiger charge is -2.24. The van der Waals surface area contributed by atoms with Crippen molar-refractivity contribution in [1.29, 1.82) is 0 Å². The molecule has 0 amide bonds. The quantitative estimate of drug-likeness (QED) is 0.618. The molecule has 0 saturated carbocycles. The van der Waals surface area contributed by atoms with Gasteiger partial charge in [0.1, 0.15) is 0 Å². The molecule has 0 bridgehead atoms. The maximum absolute atomic E-state index is 10.6. The van der Waals surface area contributed by atoms with E-state index >= 15 is 0 Å². The van der Waals surface area contributed by atoms with E-state index in [1.165, 1.54) is 0 Å². The molecule has 1 unspecified atom stereocenters. The average molecular weight is 188 g/mol. The molecule has 5 nitrogen and oxygen atoms in total. The van der Waals surface area contributed by atoms with Gasteiger partial charge in [0.2, 0.25) is 0 Å². The van der Waals surface area contributed by atoms with Crippen molar-refractivity contribution in [1.82, 2.24) is 0 Å². The minimum atomic E-state index is -1.32. The first-order valence-electron chi connectivity index (χ1n) is 4.16. The Morgan fingerprint density at radius 2 is 1.92 bits per heavy atom. The predicted molar refractivity (Wildman–Crippen MR) is 42.3 cm³/mol. The Bertz CT molecular complexity index is 193. The van der Waals surface area contributed by atoms with E-state index in [-0.39, 0.29) is 12.5 Å². The van der Waals surface area contributed by atoms with Gasteiger partial charge in [0.05, 0.1) is 6.61 Å². The zero-order chi connectivity index (χ0) is 9.84. The molecule has 0 aromatic heterocycles. The van der Waals surface area contributed by atoms with Gasteiger partial charge in [-0.1, -0.05) is 0 Å². The maximum Gasteiger partial charge on any atom is 0.318 e. The van der Waals surface area contributed by atoms with Gasteiger partial charge < -0.3 is 14.9 Å². The van der Waals surface area contributed by atoms with E-state index in [1.54, 1.807) is 0 Å². The molecule has 0 radical (unpaired) electrons. The summed E-state index contributed by atoms with van der Waals surface area (Å²) in [5.41, 5.74) is 0. The van der Waals surface area contributed by atoms with Gasteiger partial charge in [-0.25, -0.2) is 0 Å². The van der Waals surface area contributed by atoms with Crippen LogP contribution < -0.4 is 0 Å². The number of carboxylic acid groups (broad SMARTS) is 2. The third-order valence-electron chi connectivity index (χ3n) is 2.20. The van der Waals surface area contributed by atoms with Crippen LogP contribution in [0, 0.1) is 11.8 Å². The van der Waals surface area contributed by atoms with Crippen LogP contribution in [0.3, 0.4) is 0 Å². The number of hydrogen-bond acceptors (Lipinski definition) is 3. The second-order valence-corrected chi connectivity index (χ2v) is 3.13. The van der Waals surface area contributed by atoms with Crippen molar-refractivity contribution in [2.75, 3.05) is 13.2 Å². The van der Waals surface area contributed by atoms with Crippen LogP contribution in [0.5, 0.6) is 0 Å². The highest BCUT2D eigenvalue weighted by molar-refractivity contribution is 5.93. The second kappa shape index (κ2) is 4.23. The molecule has 1 heterocycles. The highest BCUT2D eigenvalue weighted by atomic mass is 16.5. The Morgan fingerprint density at radius 1 is 1.31 bits per heavy atom. The summed E-state index contributed by atoms with van der Waals surface area (Å²) in [6.07, 6.45) is 1.35. The highest BCUT2D eigenvalue weighted by Gasteiger charge is 2.35. The molecular weight excluding hydrogens is 176 g/mol. The van der Waals surface area contributed by atoms with Crippen molar-refractivity contribution in [3.63, 3.8) is 0 Å². The van der Waals surface area contributed by atoms with E-state index in [2.05, 4.69) is 0 Å². The Balaban J connectivity index is 2.62. The van der Waals surface area contributed by atoms with Crippen LogP contribution in [0.4, 0.5) is 0 Å². The summed E-state index contributed by atoms with van der Waals surface area (Å²) in [5.74, 6) is -4.25. The summed E-state index contributed by atoms with van der Waals surface area (Å²) in [7, 11) is 0. The Hall–Kier alpha value is -1.10. The smallest absolute Gasteiger partial charge is 0.318 e. The second-order valence-electron chi connectivity index (χ2n) is 3.13. The first kappa shape index (κ1) is 9.98. The van der Waals surface area contributed by atoms with Crippen LogP contribution in [0.1, 0.15) is 12.8 Å². The van der Waals surface area contributed by atoms with Gasteiger partial charge in [0, 0.05) is 12.5 Å². The Morgan fingerprint density at radius 3 is 2.31 bits per heavy atom. The number of carboxylic acids is 2. The maximum atomic E-state index is 10.6. The van der Waals surface area contributed by atoms with Crippen LogP contribution in [0.2, 0.25) is 0 Å². The summed E-state index contributed by atoms with van der Waals surface area (Å²) < 4.78 is 5.04. The molecule has 1 aliphatic rings. The molecule has 2 N–H and O–H groups in total. The molecule has 0 spiro atoms. The molecule has 74 valence electrons. The molecule has 1 aliphatic heterocycles. The fraction of sp³-hybridized carbons (Fsp3) is 0.750. The average Bonchev–Trinajstić information content (AvgIpc) is 2.04. The van der Waals surface area contributed by atoms with Crippen LogP contribution in [0.25, 0.3) is 0 Å². The summed E-state index contributed by atoms with van der Waals surface area (Å²) in [6.45, 7) is 0.839. The Labute approximate surface area is 75.3 Å². The van der Waals surface area contributed by atoms with Gasteiger partial charge in [0.25, 0.3) is 0 Å². The van der Waals surface area contributed by atoms with Gasteiger partial charge in [-0.15, -0.1) is 0 Å². The van der Waals surface area contributed by atoms with E-state index in [4.69, 9.17) is 14.9 Å². The third-order valence-corrected chi connectivity index (χ3v) is 2.20. The fourth-order valence-corrected chi connectivity index (χ4v) is 1.54. The molecule has 1 rings (SSSR count). The SMILES string of the molecule is O=C(O)C(C(=O)O)C1CCCOC1. The summed E-state index contributed by atoms with van der Waals surface area (Å²) in [6, 6.07) is 0. The van der Waals surface area contributed by atoms with Crippen molar-refractivity contribution in [3.05, 3.63) is 0 Å². The van der Waals surface area contributed by atoms with E-state index in [0.717, 1.165) is 6.42 Å². The summed E-state index contributed by atoms with van der Waals surface area (Å²) >= 11 is 0. The first-order chi connectivity index (χ1) is 6.13. The third kappa shape index (κ3) is 2.42. The first-order valence-corrected chi connectivity index (χ1v) is 4.16. The normalized spacial score (nSPS) is 23.0. The lowest BCUT2D eigenvalue weighted by Crippen LogP contribution is -2.35. The minimum absolute atomic E-state index is 0.239. The molecular formula is C8H12O5. The molecule has 1 saturated heterocycles. The zero-order valence-corrected chi connectivity index (χ0v) is 7.10. The predicted octanol–water partition coefficient (Wildman–Crippen LogP) is 0.198. The molecule has 1 atom stereocenters. The minimum Gasteiger partial charge on any atom is -0.481 e. The van der Waals surface area contributed by atoms with Gasteiger partial charge in [-0.05, 0) is 12.8 Å². The van der Waals surface area contributed by atoms with E-state index in [1.807, 2.05) is 0 Å². The number of rotatable bonds is 3. The number of hydrogen-bond donors (Lipinski definition) is 2. The van der Waals surface area contributed by atoms with Crippen molar-refractivity contribution in [3.8, 4) is 0 Å². The zero-order valence-electron chi connectivity index (χ0n) is 7.10. The standard InChI is InChI=1S/C8H12O5/c9-7(10)6(8(11)12)5-2-1-3-13-4-5/h5-6H,1-4H2,(H,9,10)(H,11,12). The van der Waals surface area contributed by atoms with E-state index < -0.39 is 17.9 Å². The molecule has 0 aromatic rings. The highest BCUT2D eigenvalue weighted by Crippen LogP contribution is 2.22. The molecule has 0 aromatic carbocycles. The summed E-state index contributed by atoms with van der Waals surface area (Å²) in [5, 5.41) is 17.3. The largest absolute Gasteiger partial charge is 0.481 e. The van der Waals surface area contributed by atoms with Crippen molar-refractivity contribution in [2.24, 2.45) is 11.8 Å².